The minimum absolute atomic E-state index is 0.0488. The zero-order valence-electron chi connectivity index (χ0n) is 41.4. The number of aryl methyl sites for hydroxylation is 5. The highest BCUT2D eigenvalue weighted by molar-refractivity contribution is 7.23. The molecule has 0 aliphatic heterocycles. The van der Waals surface area contributed by atoms with Crippen LogP contribution in [-0.2, 0) is 25.8 Å². The fourth-order valence-corrected chi connectivity index (χ4v) is 13.1. The van der Waals surface area contributed by atoms with Crippen molar-refractivity contribution in [3.8, 4) is 22.5 Å². The van der Waals surface area contributed by atoms with Gasteiger partial charge in [-0.25, -0.2) is 9.97 Å². The molecular weight excluding hydrogens is 945 g/mol. The molecule has 362 valence electrons. The molecule has 1 aliphatic rings. The Bertz CT molecular complexity index is 3520. The van der Waals surface area contributed by atoms with E-state index in [0.29, 0.717) is 71.0 Å². The van der Waals surface area contributed by atoms with E-state index < -0.39 is 5.54 Å². The molecule has 0 radical (unpaired) electrons. The Morgan fingerprint density at radius 2 is 1.41 bits per heavy atom. The van der Waals surface area contributed by atoms with Gasteiger partial charge in [0.05, 0.1) is 46.6 Å². The molecule has 10 rings (SSSR count). The number of amides is 2. The van der Waals surface area contributed by atoms with Crippen LogP contribution >= 0.6 is 34.0 Å². The van der Waals surface area contributed by atoms with Crippen molar-refractivity contribution in [1.82, 2.24) is 15.3 Å². The summed E-state index contributed by atoms with van der Waals surface area (Å²) < 4.78 is 11.7. The smallest absolute Gasteiger partial charge is 0.263 e. The highest BCUT2D eigenvalue weighted by Crippen LogP contribution is 2.48. The topological polar surface area (TPSA) is 151 Å². The molecule has 0 spiro atoms. The predicted octanol–water partition coefficient (Wildman–Crippen LogP) is 14.3. The Hall–Kier alpha value is -6.87. The van der Waals surface area contributed by atoms with E-state index in [1.807, 2.05) is 56.3 Å². The zero-order chi connectivity index (χ0) is 49.9. The minimum Gasteiger partial charge on any atom is -0.467 e. The number of benzene rings is 2. The van der Waals surface area contributed by atoms with Gasteiger partial charge in [-0.05, 0) is 146 Å². The average molecular weight is 1000 g/mol. The van der Waals surface area contributed by atoms with Crippen molar-refractivity contribution in [3.63, 3.8) is 0 Å². The number of nitrogens with zero attached hydrogens (tertiary/aromatic N) is 2. The van der Waals surface area contributed by atoms with Gasteiger partial charge in [0.2, 0.25) is 5.78 Å². The van der Waals surface area contributed by atoms with E-state index in [1.165, 1.54) is 50.7 Å². The van der Waals surface area contributed by atoms with Crippen LogP contribution in [-0.4, -0.2) is 38.6 Å². The van der Waals surface area contributed by atoms with Crippen molar-refractivity contribution in [2.45, 2.75) is 106 Å². The third kappa shape index (κ3) is 9.55. The number of carbonyl (C=O) groups is 3. The summed E-state index contributed by atoms with van der Waals surface area (Å²) in [6.07, 6.45) is 6.58. The minimum atomic E-state index is -0.702. The summed E-state index contributed by atoms with van der Waals surface area (Å²) in [6.45, 7) is 18.6. The monoisotopic (exact) mass is 1000 g/mol. The molecule has 7 heterocycles. The van der Waals surface area contributed by atoms with Crippen LogP contribution in [0.1, 0.15) is 120 Å². The third-order valence-electron chi connectivity index (χ3n) is 12.7. The van der Waals surface area contributed by atoms with Crippen molar-refractivity contribution in [2.24, 2.45) is 0 Å². The summed E-state index contributed by atoms with van der Waals surface area (Å²) in [5, 5.41) is 15.3. The lowest BCUT2D eigenvalue weighted by molar-refractivity contribution is 0.0951. The fraction of sp³-hybridized carbons (Fsp3) is 0.281. The molecule has 0 saturated carbocycles. The first-order chi connectivity index (χ1) is 33.9. The Balaban J connectivity index is 1.03. The van der Waals surface area contributed by atoms with E-state index in [4.69, 9.17) is 18.8 Å². The lowest BCUT2D eigenvalue weighted by Crippen LogP contribution is -2.34. The second-order valence-corrected chi connectivity index (χ2v) is 23.4. The normalized spacial score (nSPS) is 12.7. The van der Waals surface area contributed by atoms with Gasteiger partial charge in [0.25, 0.3) is 11.8 Å². The van der Waals surface area contributed by atoms with Gasteiger partial charge in [-0.15, -0.1) is 34.0 Å². The standard InChI is InChI=1S/C57H56N6O5S3/c1-30-17-20-34(21-18-30)43-37-14-10-15-39(37)61-55-45(43)47(62-56(5,6)7)50(70-55)49(64)41-24-22-36(69-41)28-57(8,9)63-48-46-44(40-16-12-26-68-40)42(52(65)60-38-23-19-31(2)27-32(38)3)33(4)59-54(46)71-51(48)53(66)58-29-35-13-11-25-67-35/h11-13,16-27,62-63H,10,14-15,28-29H2,1-9H3,(H,58,66)(H,60,65). The van der Waals surface area contributed by atoms with Crippen LogP contribution in [0.4, 0.5) is 17.1 Å². The number of aromatic nitrogens is 2. The number of fused-ring (bicyclic) bond motifs is 3. The molecule has 11 nitrogen and oxygen atoms in total. The van der Waals surface area contributed by atoms with Crippen molar-refractivity contribution in [1.29, 1.82) is 0 Å². The Kier molecular flexibility index (Phi) is 12.6. The van der Waals surface area contributed by atoms with Gasteiger partial charge in [0.15, 0.2) is 0 Å². The van der Waals surface area contributed by atoms with Crippen molar-refractivity contribution >= 4 is 89.1 Å². The fourth-order valence-electron chi connectivity index (χ4n) is 9.61. The van der Waals surface area contributed by atoms with Crippen LogP contribution in [0.15, 0.2) is 100 Å². The molecule has 0 saturated heterocycles. The number of rotatable bonds is 14. The zero-order valence-corrected chi connectivity index (χ0v) is 43.8. The molecule has 0 atom stereocenters. The third-order valence-corrected chi connectivity index (χ3v) is 16.0. The molecule has 0 fully saturated rings. The number of furan rings is 2. The molecule has 4 N–H and O–H groups in total. The molecule has 1 aliphatic carbocycles. The number of ketones is 1. The summed E-state index contributed by atoms with van der Waals surface area (Å²) in [5.74, 6) is 0.339. The van der Waals surface area contributed by atoms with Crippen LogP contribution in [0.5, 0.6) is 0 Å². The van der Waals surface area contributed by atoms with E-state index in [9.17, 15) is 14.4 Å². The predicted molar refractivity (Wildman–Crippen MR) is 290 cm³/mol. The van der Waals surface area contributed by atoms with Crippen LogP contribution in [0.2, 0.25) is 0 Å². The van der Waals surface area contributed by atoms with Crippen LogP contribution in [0.25, 0.3) is 42.9 Å². The lowest BCUT2D eigenvalue weighted by atomic mass is 9.94. The highest BCUT2D eigenvalue weighted by Gasteiger charge is 2.34. The maximum absolute atomic E-state index is 15.0. The summed E-state index contributed by atoms with van der Waals surface area (Å²) in [6, 6.07) is 25.7. The number of hydrogen-bond acceptors (Lipinski definition) is 12. The van der Waals surface area contributed by atoms with Gasteiger partial charge >= 0.3 is 0 Å². The van der Waals surface area contributed by atoms with E-state index in [1.54, 1.807) is 31.6 Å². The summed E-state index contributed by atoms with van der Waals surface area (Å²) in [7, 11) is 0. The molecule has 0 bridgehead atoms. The number of pyridine rings is 2. The average Bonchev–Trinajstić information content (AvgIpc) is 4.19. The quantitative estimate of drug-likeness (QED) is 0.0780. The summed E-state index contributed by atoms with van der Waals surface area (Å²) in [5.41, 5.74) is 10.3. The van der Waals surface area contributed by atoms with E-state index >= 15 is 0 Å². The number of hydrogen-bond donors (Lipinski definition) is 4. The maximum atomic E-state index is 15.0. The molecular formula is C57H56N6O5S3. The SMILES string of the molecule is Cc1ccc(-c2c3c(nc4sc(C(=O)c5ccc(CC(C)(C)Nc6c(C(=O)NCc7ccco7)sc7nc(C)c(C(=O)Nc8ccc(C)cc8C)c(-c8ccco8)c67)s5)c(NC(C)(C)C)c24)CCC3)cc1. The second kappa shape index (κ2) is 18.7. The number of nitrogens with one attached hydrogen (secondary N) is 4. The van der Waals surface area contributed by atoms with Crippen molar-refractivity contribution in [2.75, 3.05) is 16.0 Å². The Labute approximate surface area is 425 Å². The van der Waals surface area contributed by atoms with E-state index in [2.05, 4.69) is 87.1 Å². The first-order valence-corrected chi connectivity index (χ1v) is 26.3. The van der Waals surface area contributed by atoms with Crippen LogP contribution in [0, 0.1) is 27.7 Å². The molecule has 9 aromatic rings. The second-order valence-electron chi connectivity index (χ2n) is 20.2. The largest absolute Gasteiger partial charge is 0.467 e. The lowest BCUT2D eigenvalue weighted by Gasteiger charge is -2.28. The van der Waals surface area contributed by atoms with E-state index in [-0.39, 0.29) is 29.7 Å². The first kappa shape index (κ1) is 47.8. The van der Waals surface area contributed by atoms with Gasteiger partial charge in [-0.2, -0.15) is 0 Å². The molecule has 71 heavy (non-hydrogen) atoms. The highest BCUT2D eigenvalue weighted by atomic mass is 32.1. The summed E-state index contributed by atoms with van der Waals surface area (Å²) in [4.78, 5) is 58.2. The molecule has 0 unspecified atom stereocenters. The number of anilines is 3. The van der Waals surface area contributed by atoms with Gasteiger partial charge in [0.1, 0.15) is 30.9 Å². The van der Waals surface area contributed by atoms with Crippen molar-refractivity contribution in [3.05, 3.63) is 156 Å². The number of thiophene rings is 3. The van der Waals surface area contributed by atoms with Gasteiger partial charge in [-0.3, -0.25) is 14.4 Å². The Morgan fingerprint density at radius 1 is 0.704 bits per heavy atom. The first-order valence-electron chi connectivity index (χ1n) is 23.9. The maximum Gasteiger partial charge on any atom is 0.263 e. The van der Waals surface area contributed by atoms with Gasteiger partial charge in [-0.1, -0.05) is 47.5 Å². The van der Waals surface area contributed by atoms with Crippen molar-refractivity contribution < 1.29 is 23.2 Å². The molecule has 7 aromatic heterocycles. The Morgan fingerprint density at radius 3 is 2.13 bits per heavy atom. The number of carbonyl (C=O) groups excluding carboxylic acids is 3. The molecule has 2 aromatic carbocycles. The van der Waals surface area contributed by atoms with Gasteiger partial charge < -0.3 is 30.1 Å². The summed E-state index contributed by atoms with van der Waals surface area (Å²) >= 11 is 4.19. The van der Waals surface area contributed by atoms with E-state index in [0.717, 1.165) is 62.4 Å². The van der Waals surface area contributed by atoms with Crippen LogP contribution in [0.3, 0.4) is 0 Å². The molecule has 14 heteroatoms. The van der Waals surface area contributed by atoms with Crippen LogP contribution < -0.4 is 21.3 Å². The van der Waals surface area contributed by atoms with Gasteiger partial charge in [0, 0.05) is 50.1 Å². The molecule has 2 amide bonds.